The standard InChI is InChI=1S/C31H31NOP2.C8H12.BF4.Rh/c1-5-13-27(14-6-1)34(28-15-7-2-8-16-28)32-26-22-21-25(23-26)31(32)24-33-35(29-17-9-3-10-18-29)30-19-11-4-12-20-30;1-2-4-6-8-7-5-3-1;2-1(3,4)5;/h1-20,25-26,31H,21-24H2;1-2,7-8H,3-6H2;;/q;;-1;/b;2-1-,8-7-;;/t25-,26+,31+;;;/m0.../s1. The number of allylic oxidation sites excluding steroid dienone is 4. The van der Waals surface area contributed by atoms with Crippen LogP contribution in [0.5, 0.6) is 0 Å². The van der Waals surface area contributed by atoms with Crippen LogP contribution in [-0.2, 0) is 24.0 Å². The Hall–Kier alpha value is -2.45. The molecule has 3 atom stereocenters. The average Bonchev–Trinajstić information content (AvgIpc) is 3.69. The average molecular weight is 793 g/mol. The van der Waals surface area contributed by atoms with Gasteiger partial charge in [0.2, 0.25) is 0 Å². The molecule has 261 valence electrons. The van der Waals surface area contributed by atoms with Crippen molar-refractivity contribution in [2.24, 2.45) is 5.92 Å². The van der Waals surface area contributed by atoms with Gasteiger partial charge in [-0.2, -0.15) is 0 Å². The van der Waals surface area contributed by atoms with Crippen LogP contribution in [0.4, 0.5) is 17.3 Å². The summed E-state index contributed by atoms with van der Waals surface area (Å²) in [7, 11) is -7.43. The van der Waals surface area contributed by atoms with Crippen molar-refractivity contribution in [1.82, 2.24) is 4.67 Å². The van der Waals surface area contributed by atoms with Gasteiger partial charge >= 0.3 is 7.25 Å². The summed E-state index contributed by atoms with van der Waals surface area (Å²) in [5.41, 5.74) is 0. The molecule has 0 aromatic heterocycles. The van der Waals surface area contributed by atoms with Gasteiger partial charge in [0.25, 0.3) is 0 Å². The Bertz CT molecular complexity index is 1440. The molecule has 1 saturated heterocycles. The fourth-order valence-corrected chi connectivity index (χ4v) is 11.2. The molecule has 49 heavy (non-hydrogen) atoms. The number of rotatable bonds is 8. The number of nitrogens with zero attached hydrogens (tertiary/aromatic N) is 1. The van der Waals surface area contributed by atoms with Crippen molar-refractivity contribution in [3.63, 3.8) is 0 Å². The molecule has 3 aliphatic rings. The molecule has 1 radical (unpaired) electrons. The molecule has 0 amide bonds. The van der Waals surface area contributed by atoms with Gasteiger partial charge in [0.15, 0.2) is 0 Å². The molecule has 2 nitrogen and oxygen atoms in total. The Morgan fingerprint density at radius 1 is 0.571 bits per heavy atom. The van der Waals surface area contributed by atoms with Crippen molar-refractivity contribution in [3.8, 4) is 0 Å². The summed E-state index contributed by atoms with van der Waals surface area (Å²) in [6, 6.07) is 45.0. The van der Waals surface area contributed by atoms with E-state index < -0.39 is 23.5 Å². The minimum atomic E-state index is -6.00. The Labute approximate surface area is 304 Å². The van der Waals surface area contributed by atoms with Gasteiger partial charge in [-0.15, -0.1) is 0 Å². The first-order valence-electron chi connectivity index (χ1n) is 16.8. The summed E-state index contributed by atoms with van der Waals surface area (Å²) >= 11 is 0. The Kier molecular flexibility index (Phi) is 16.4. The van der Waals surface area contributed by atoms with Gasteiger partial charge in [0.05, 0.1) is 14.8 Å². The first-order valence-corrected chi connectivity index (χ1v) is 19.3. The van der Waals surface area contributed by atoms with Crippen LogP contribution in [0.1, 0.15) is 44.9 Å². The van der Waals surface area contributed by atoms with Gasteiger partial charge in [-0.1, -0.05) is 146 Å². The van der Waals surface area contributed by atoms with E-state index in [0.717, 1.165) is 12.5 Å². The fraction of sp³-hybridized carbons (Fsp3) is 0.282. The van der Waals surface area contributed by atoms with Gasteiger partial charge < -0.3 is 21.8 Å². The van der Waals surface area contributed by atoms with Crippen molar-refractivity contribution < 1.29 is 41.3 Å². The van der Waals surface area contributed by atoms with Crippen molar-refractivity contribution >= 4 is 44.7 Å². The monoisotopic (exact) mass is 793 g/mol. The Morgan fingerprint density at radius 3 is 1.33 bits per heavy atom. The van der Waals surface area contributed by atoms with E-state index in [4.69, 9.17) is 4.52 Å². The molecule has 2 aliphatic carbocycles. The van der Waals surface area contributed by atoms with Crippen LogP contribution in [0.2, 0.25) is 0 Å². The molecular weight excluding hydrogens is 750 g/mol. The van der Waals surface area contributed by atoms with Crippen LogP contribution in [0.25, 0.3) is 0 Å². The maximum atomic E-state index is 9.75. The van der Waals surface area contributed by atoms with Crippen LogP contribution < -0.4 is 21.2 Å². The molecular formula is C39H43BF4NOP2Rh-. The van der Waals surface area contributed by atoms with Crippen LogP contribution in [0.15, 0.2) is 146 Å². The SMILES string of the molecule is C1=C\CC/C=C\CC/1.F[B-](F)(F)F.[Rh].c1ccc(P(OC[C@@H]2[C@H]3CC[C@H](C3)N2P(c2ccccc2)c2ccccc2)c2ccccc2)cc1. The normalized spacial score (nSPS) is 21.3. The number of piperidine rings is 1. The summed E-state index contributed by atoms with van der Waals surface area (Å²) in [5, 5.41) is 5.47. The van der Waals surface area contributed by atoms with Crippen molar-refractivity contribution in [2.45, 2.75) is 57.0 Å². The van der Waals surface area contributed by atoms with Gasteiger partial charge in [-0.25, -0.2) is 0 Å². The minimum absolute atomic E-state index is 0. The smallest absolute Gasteiger partial charge is 0.418 e. The maximum Gasteiger partial charge on any atom is 0.673 e. The van der Waals surface area contributed by atoms with Crippen molar-refractivity contribution in [2.75, 3.05) is 6.61 Å². The second kappa shape index (κ2) is 20.4. The first-order chi connectivity index (χ1) is 23.4. The summed E-state index contributed by atoms with van der Waals surface area (Å²) < 4.78 is 48.8. The second-order valence-corrected chi connectivity index (χ2v) is 16.0. The van der Waals surface area contributed by atoms with E-state index in [-0.39, 0.29) is 19.5 Å². The summed E-state index contributed by atoms with van der Waals surface area (Å²) in [6.45, 7) is 0.787. The number of fused-ring (bicyclic) bond motifs is 2. The molecule has 1 aliphatic heterocycles. The van der Waals surface area contributed by atoms with Gasteiger partial charge in [-0.3, -0.25) is 4.67 Å². The molecule has 1 saturated carbocycles. The predicted molar refractivity (Wildman–Crippen MR) is 198 cm³/mol. The summed E-state index contributed by atoms with van der Waals surface area (Å²) in [4.78, 5) is 0. The largest absolute Gasteiger partial charge is 0.673 e. The predicted octanol–water partition coefficient (Wildman–Crippen LogP) is 9.92. The van der Waals surface area contributed by atoms with Crippen LogP contribution in [0.3, 0.4) is 0 Å². The third-order valence-corrected chi connectivity index (χ3v) is 13.2. The maximum absolute atomic E-state index is 9.75. The molecule has 10 heteroatoms. The summed E-state index contributed by atoms with van der Waals surface area (Å²) in [6.07, 6.45) is 17.9. The van der Waals surface area contributed by atoms with E-state index in [9.17, 15) is 17.3 Å². The molecule has 4 aromatic rings. The van der Waals surface area contributed by atoms with Crippen molar-refractivity contribution in [3.05, 3.63) is 146 Å². The van der Waals surface area contributed by atoms with Gasteiger partial charge in [0, 0.05) is 50.2 Å². The fourth-order valence-electron chi connectivity index (χ4n) is 6.58. The molecule has 0 unspecified atom stereocenters. The Balaban J connectivity index is 0.000000327. The topological polar surface area (TPSA) is 12.5 Å². The molecule has 0 spiro atoms. The third-order valence-electron chi connectivity index (χ3n) is 8.63. The molecule has 2 fully saturated rings. The van der Waals surface area contributed by atoms with Crippen LogP contribution in [-0.4, -0.2) is 30.6 Å². The number of hydrogen-bond donors (Lipinski definition) is 0. The van der Waals surface area contributed by atoms with Crippen LogP contribution >= 0.6 is 16.2 Å². The van der Waals surface area contributed by atoms with E-state index in [0.29, 0.717) is 12.1 Å². The molecule has 1 heterocycles. The van der Waals surface area contributed by atoms with E-state index in [1.807, 2.05) is 0 Å². The van der Waals surface area contributed by atoms with E-state index in [1.54, 1.807) is 0 Å². The number of halogens is 4. The molecule has 4 aromatic carbocycles. The zero-order chi connectivity index (χ0) is 33.6. The third kappa shape index (κ3) is 12.4. The first kappa shape index (κ1) is 39.3. The minimum Gasteiger partial charge on any atom is -0.418 e. The number of hydrogen-bond acceptors (Lipinski definition) is 2. The molecule has 2 bridgehead atoms. The zero-order valence-corrected chi connectivity index (χ0v) is 30.8. The van der Waals surface area contributed by atoms with E-state index in [2.05, 4.69) is 150 Å². The van der Waals surface area contributed by atoms with Crippen molar-refractivity contribution in [1.29, 1.82) is 0 Å². The second-order valence-electron chi connectivity index (χ2n) is 12.0. The zero-order valence-electron chi connectivity index (χ0n) is 27.4. The van der Waals surface area contributed by atoms with Crippen LogP contribution in [0, 0.1) is 5.92 Å². The van der Waals surface area contributed by atoms with E-state index in [1.165, 1.54) is 66.2 Å². The quantitative estimate of drug-likeness (QED) is 0.0763. The van der Waals surface area contributed by atoms with E-state index >= 15 is 0 Å². The molecule has 0 N–H and O–H groups in total. The van der Waals surface area contributed by atoms with Gasteiger partial charge in [-0.05, 0) is 61.5 Å². The van der Waals surface area contributed by atoms with Gasteiger partial charge in [0.1, 0.15) is 0 Å². The number of benzene rings is 4. The summed E-state index contributed by atoms with van der Waals surface area (Å²) in [5.74, 6) is 0.723. The molecule has 7 rings (SSSR count). The Morgan fingerprint density at radius 2 is 0.939 bits per heavy atom.